The van der Waals surface area contributed by atoms with Gasteiger partial charge in [0.25, 0.3) is 0 Å². The van der Waals surface area contributed by atoms with Crippen molar-refractivity contribution in [1.82, 2.24) is 5.32 Å². The van der Waals surface area contributed by atoms with E-state index in [-0.39, 0.29) is 4.90 Å². The van der Waals surface area contributed by atoms with E-state index in [1.165, 1.54) is 12.1 Å². The van der Waals surface area contributed by atoms with Crippen molar-refractivity contribution in [2.45, 2.75) is 37.7 Å². The third-order valence-electron chi connectivity index (χ3n) is 2.79. The number of nitrogen functional groups attached to an aromatic ring is 1. The van der Waals surface area contributed by atoms with Crippen molar-refractivity contribution in [3.8, 4) is 0 Å². The lowest BCUT2D eigenvalue weighted by Gasteiger charge is -2.19. The molecule has 0 heterocycles. The summed E-state index contributed by atoms with van der Waals surface area (Å²) in [6, 6.07) is 4.57. The molecule has 0 aromatic heterocycles. The van der Waals surface area contributed by atoms with Gasteiger partial charge in [-0.3, -0.25) is 0 Å². The Bertz CT molecular complexity index is 651. The van der Waals surface area contributed by atoms with Gasteiger partial charge in [0.1, 0.15) is 5.60 Å². The second-order valence-electron chi connectivity index (χ2n) is 6.23. The standard InChI is InChI=1S/C15H25N3O4S/c1-15(2,3)22-14(19)18-9-5-8-17-13-7-6-11(10-12(13)16)23(4,20)21/h6-7,10,17H,5,8-9,16H2,1-4H3,(H,18,19). The Morgan fingerprint density at radius 3 is 2.43 bits per heavy atom. The molecule has 4 N–H and O–H groups in total. The van der Waals surface area contributed by atoms with E-state index in [0.717, 1.165) is 6.26 Å². The minimum absolute atomic E-state index is 0.187. The number of anilines is 2. The fourth-order valence-electron chi connectivity index (χ4n) is 1.75. The smallest absolute Gasteiger partial charge is 0.407 e. The number of carbonyl (C=O) groups is 1. The summed E-state index contributed by atoms with van der Waals surface area (Å²) in [5, 5.41) is 5.76. The number of benzene rings is 1. The fraction of sp³-hybridized carbons (Fsp3) is 0.533. The summed E-state index contributed by atoms with van der Waals surface area (Å²) >= 11 is 0. The number of hydrogen-bond acceptors (Lipinski definition) is 6. The molecule has 0 spiro atoms. The Kier molecular flexibility index (Phi) is 6.26. The zero-order valence-corrected chi connectivity index (χ0v) is 14.8. The summed E-state index contributed by atoms with van der Waals surface area (Å²) in [5.41, 5.74) is 6.35. The Morgan fingerprint density at radius 1 is 1.26 bits per heavy atom. The molecule has 1 amide bonds. The van der Waals surface area contributed by atoms with Crippen molar-refractivity contribution in [2.75, 3.05) is 30.4 Å². The summed E-state index contributed by atoms with van der Waals surface area (Å²) in [6.45, 7) is 6.45. The first-order valence-corrected chi connectivity index (χ1v) is 9.18. The number of carbonyl (C=O) groups excluding carboxylic acids is 1. The van der Waals surface area contributed by atoms with Crippen molar-refractivity contribution < 1.29 is 17.9 Å². The molecular formula is C15H25N3O4S. The minimum Gasteiger partial charge on any atom is -0.444 e. The van der Waals surface area contributed by atoms with E-state index in [0.29, 0.717) is 30.9 Å². The van der Waals surface area contributed by atoms with Crippen LogP contribution in [0.4, 0.5) is 16.2 Å². The largest absolute Gasteiger partial charge is 0.444 e. The Labute approximate surface area is 137 Å². The number of sulfone groups is 1. The zero-order chi connectivity index (χ0) is 17.7. The minimum atomic E-state index is -3.26. The molecule has 23 heavy (non-hydrogen) atoms. The van der Waals surface area contributed by atoms with Crippen molar-refractivity contribution in [3.63, 3.8) is 0 Å². The molecule has 0 bridgehead atoms. The van der Waals surface area contributed by atoms with Crippen molar-refractivity contribution in [2.24, 2.45) is 0 Å². The number of nitrogens with one attached hydrogen (secondary N) is 2. The van der Waals surface area contributed by atoms with Crippen LogP contribution in [0.5, 0.6) is 0 Å². The molecule has 7 nitrogen and oxygen atoms in total. The van der Waals surface area contributed by atoms with Gasteiger partial charge in [-0.1, -0.05) is 0 Å². The molecule has 8 heteroatoms. The number of alkyl carbamates (subject to hydrolysis) is 1. The summed E-state index contributed by atoms with van der Waals surface area (Å²) < 4.78 is 28.0. The highest BCUT2D eigenvalue weighted by Crippen LogP contribution is 2.22. The highest BCUT2D eigenvalue weighted by atomic mass is 32.2. The molecule has 0 fully saturated rings. The van der Waals surface area contributed by atoms with Crippen molar-refractivity contribution >= 4 is 27.3 Å². The lowest BCUT2D eigenvalue weighted by molar-refractivity contribution is 0.0528. The fourth-order valence-corrected chi connectivity index (χ4v) is 2.40. The molecule has 0 unspecified atom stereocenters. The van der Waals surface area contributed by atoms with Crippen LogP contribution in [0.1, 0.15) is 27.2 Å². The molecule has 0 radical (unpaired) electrons. The highest BCUT2D eigenvalue weighted by Gasteiger charge is 2.15. The second kappa shape index (κ2) is 7.54. The first-order valence-electron chi connectivity index (χ1n) is 7.29. The first-order chi connectivity index (χ1) is 10.5. The second-order valence-corrected chi connectivity index (χ2v) is 8.25. The number of ether oxygens (including phenoxy) is 1. The van der Waals surface area contributed by atoms with E-state index in [1.807, 2.05) is 0 Å². The first kappa shape index (κ1) is 19.1. The molecular weight excluding hydrogens is 318 g/mol. The Hall–Kier alpha value is -1.96. The molecule has 0 atom stereocenters. The van der Waals surface area contributed by atoms with E-state index in [4.69, 9.17) is 10.5 Å². The number of hydrogen-bond donors (Lipinski definition) is 3. The van der Waals surface area contributed by atoms with Gasteiger partial charge < -0.3 is 21.1 Å². The molecule has 1 aromatic carbocycles. The zero-order valence-electron chi connectivity index (χ0n) is 14.0. The monoisotopic (exact) mass is 343 g/mol. The normalized spacial score (nSPS) is 11.8. The molecule has 1 aromatic rings. The molecule has 1 rings (SSSR count). The quantitative estimate of drug-likeness (QED) is 0.538. The lowest BCUT2D eigenvalue weighted by Crippen LogP contribution is -2.33. The molecule has 0 saturated carbocycles. The van der Waals surface area contributed by atoms with Crippen LogP contribution in [0.25, 0.3) is 0 Å². The Morgan fingerprint density at radius 2 is 1.91 bits per heavy atom. The van der Waals surface area contributed by atoms with Crippen LogP contribution in [0.2, 0.25) is 0 Å². The Balaban J connectivity index is 2.38. The summed E-state index contributed by atoms with van der Waals surface area (Å²) in [7, 11) is -3.26. The maximum atomic E-state index is 11.4. The predicted molar refractivity (Wildman–Crippen MR) is 91.3 cm³/mol. The average Bonchev–Trinajstić information content (AvgIpc) is 2.36. The molecule has 0 aliphatic rings. The van der Waals surface area contributed by atoms with Gasteiger partial charge in [-0.25, -0.2) is 13.2 Å². The van der Waals surface area contributed by atoms with E-state index in [1.54, 1.807) is 26.8 Å². The maximum Gasteiger partial charge on any atom is 0.407 e. The van der Waals surface area contributed by atoms with E-state index < -0.39 is 21.5 Å². The molecule has 130 valence electrons. The van der Waals surface area contributed by atoms with Crippen molar-refractivity contribution in [1.29, 1.82) is 0 Å². The average molecular weight is 343 g/mol. The SMILES string of the molecule is CC(C)(C)OC(=O)NCCCNc1ccc(S(C)(=O)=O)cc1N. The van der Waals surface area contributed by atoms with Gasteiger partial charge in [-0.2, -0.15) is 0 Å². The van der Waals surface area contributed by atoms with Gasteiger partial charge in [-0.05, 0) is 45.4 Å². The van der Waals surface area contributed by atoms with Crippen LogP contribution >= 0.6 is 0 Å². The van der Waals surface area contributed by atoms with Gasteiger partial charge in [0.05, 0.1) is 16.3 Å². The van der Waals surface area contributed by atoms with Crippen LogP contribution in [0.15, 0.2) is 23.1 Å². The van der Waals surface area contributed by atoms with Crippen LogP contribution in [0.3, 0.4) is 0 Å². The molecule has 0 aliphatic heterocycles. The van der Waals surface area contributed by atoms with Gasteiger partial charge in [0.15, 0.2) is 9.84 Å². The van der Waals surface area contributed by atoms with Crippen LogP contribution < -0.4 is 16.4 Å². The van der Waals surface area contributed by atoms with Gasteiger partial charge in [-0.15, -0.1) is 0 Å². The summed E-state index contributed by atoms with van der Waals surface area (Å²) in [4.78, 5) is 11.6. The van der Waals surface area contributed by atoms with E-state index in [9.17, 15) is 13.2 Å². The van der Waals surface area contributed by atoms with Crippen LogP contribution in [-0.4, -0.2) is 39.5 Å². The summed E-state index contributed by atoms with van der Waals surface area (Å²) in [5.74, 6) is 0. The number of nitrogens with two attached hydrogens (primary N) is 1. The predicted octanol–water partition coefficient (Wildman–Crippen LogP) is 2.00. The highest BCUT2D eigenvalue weighted by molar-refractivity contribution is 7.90. The van der Waals surface area contributed by atoms with Gasteiger partial charge in [0, 0.05) is 19.3 Å². The molecule has 0 aliphatic carbocycles. The number of rotatable bonds is 6. The van der Waals surface area contributed by atoms with Gasteiger partial charge >= 0.3 is 6.09 Å². The topological polar surface area (TPSA) is 111 Å². The van der Waals surface area contributed by atoms with E-state index in [2.05, 4.69) is 10.6 Å². The maximum absolute atomic E-state index is 11.4. The summed E-state index contributed by atoms with van der Waals surface area (Å²) in [6.07, 6.45) is 1.36. The van der Waals surface area contributed by atoms with Crippen LogP contribution in [0, 0.1) is 0 Å². The third-order valence-corrected chi connectivity index (χ3v) is 3.90. The lowest BCUT2D eigenvalue weighted by atomic mass is 10.2. The van der Waals surface area contributed by atoms with E-state index >= 15 is 0 Å². The van der Waals surface area contributed by atoms with Crippen LogP contribution in [-0.2, 0) is 14.6 Å². The number of amides is 1. The molecule has 0 saturated heterocycles. The van der Waals surface area contributed by atoms with Gasteiger partial charge in [0.2, 0.25) is 0 Å². The van der Waals surface area contributed by atoms with Crippen molar-refractivity contribution in [3.05, 3.63) is 18.2 Å². The third kappa shape index (κ3) is 7.23.